The van der Waals surface area contributed by atoms with Crippen LogP contribution in [0.15, 0.2) is 42.5 Å². The fourth-order valence-electron chi connectivity index (χ4n) is 2.16. The molecule has 0 heterocycles. The molecule has 1 atom stereocenters. The Hall–Kier alpha value is -1.98. The van der Waals surface area contributed by atoms with Crippen LogP contribution < -0.4 is 16.0 Å². The minimum Gasteiger partial charge on any atom is -0.491 e. The van der Waals surface area contributed by atoms with Gasteiger partial charge in [-0.05, 0) is 38.1 Å². The highest BCUT2D eigenvalue weighted by Crippen LogP contribution is 2.31. The molecule has 2 aromatic carbocycles. The van der Waals surface area contributed by atoms with E-state index in [1.807, 2.05) is 19.9 Å². The lowest BCUT2D eigenvalue weighted by Gasteiger charge is -2.22. The zero-order valence-electron chi connectivity index (χ0n) is 11.9. The van der Waals surface area contributed by atoms with E-state index in [1.165, 1.54) is 0 Å². The van der Waals surface area contributed by atoms with Crippen LogP contribution in [-0.4, -0.2) is 6.10 Å². The average molecular weight is 292 g/mol. The molecule has 112 valence electrons. The Bertz CT molecular complexity index is 617. The van der Waals surface area contributed by atoms with Crippen LogP contribution in [0.2, 0.25) is 0 Å². The first-order valence-electron chi connectivity index (χ1n) is 6.69. The summed E-state index contributed by atoms with van der Waals surface area (Å²) in [5.41, 5.74) is 3.32. The Morgan fingerprint density at radius 3 is 2.43 bits per heavy atom. The third-order valence-corrected chi connectivity index (χ3v) is 3.03. The van der Waals surface area contributed by atoms with E-state index in [4.69, 9.17) is 10.6 Å². The molecule has 0 fully saturated rings. The highest BCUT2D eigenvalue weighted by Gasteiger charge is 2.21. The van der Waals surface area contributed by atoms with Gasteiger partial charge in [0.25, 0.3) is 0 Å². The number of nitrogens with one attached hydrogen (secondary N) is 1. The summed E-state index contributed by atoms with van der Waals surface area (Å²) in [5, 5.41) is 0. The summed E-state index contributed by atoms with van der Waals surface area (Å²) in [6.45, 7) is 3.79. The minimum absolute atomic E-state index is 0.0399. The summed E-state index contributed by atoms with van der Waals surface area (Å²) >= 11 is 0. The quantitative estimate of drug-likeness (QED) is 0.656. The fourth-order valence-corrected chi connectivity index (χ4v) is 2.16. The van der Waals surface area contributed by atoms with Gasteiger partial charge < -0.3 is 4.74 Å². The molecule has 3 N–H and O–H groups in total. The molecule has 0 saturated heterocycles. The summed E-state index contributed by atoms with van der Waals surface area (Å²) in [4.78, 5) is 0. The van der Waals surface area contributed by atoms with Gasteiger partial charge in [0, 0.05) is 11.1 Å². The van der Waals surface area contributed by atoms with Gasteiger partial charge in [-0.1, -0.05) is 18.2 Å². The van der Waals surface area contributed by atoms with Crippen molar-refractivity contribution in [1.82, 2.24) is 5.43 Å². The number of hydrogen-bond donors (Lipinski definition) is 2. The van der Waals surface area contributed by atoms with Crippen molar-refractivity contribution in [1.29, 1.82) is 0 Å². The standard InChI is InChI=1S/C16H18F2N2O/c1-10(2)21-15-6-4-3-5-12(15)16(20-19)13-9-11(17)7-8-14(13)18/h3-10,16,20H,19H2,1-2H3. The Labute approximate surface area is 122 Å². The van der Waals surface area contributed by atoms with Gasteiger partial charge in [0.15, 0.2) is 0 Å². The van der Waals surface area contributed by atoms with Crippen LogP contribution in [0.5, 0.6) is 5.75 Å². The molecule has 2 rings (SSSR count). The van der Waals surface area contributed by atoms with Gasteiger partial charge >= 0.3 is 0 Å². The van der Waals surface area contributed by atoms with Gasteiger partial charge in [-0.2, -0.15) is 0 Å². The van der Waals surface area contributed by atoms with E-state index >= 15 is 0 Å². The van der Waals surface area contributed by atoms with E-state index in [9.17, 15) is 8.78 Å². The fraction of sp³-hybridized carbons (Fsp3) is 0.250. The predicted octanol–water partition coefficient (Wildman–Crippen LogP) is 3.30. The number of nitrogens with two attached hydrogens (primary N) is 1. The highest BCUT2D eigenvalue weighted by molar-refractivity contribution is 5.42. The van der Waals surface area contributed by atoms with Crippen molar-refractivity contribution in [3.05, 3.63) is 65.2 Å². The maximum atomic E-state index is 14.0. The highest BCUT2D eigenvalue weighted by atomic mass is 19.1. The summed E-state index contributed by atoms with van der Waals surface area (Å²) in [6, 6.07) is 9.75. The average Bonchev–Trinajstić information content (AvgIpc) is 2.44. The van der Waals surface area contributed by atoms with E-state index in [0.29, 0.717) is 11.3 Å². The summed E-state index contributed by atoms with van der Waals surface area (Å²) in [7, 11) is 0. The van der Waals surface area contributed by atoms with Crippen LogP contribution >= 0.6 is 0 Å². The molecule has 21 heavy (non-hydrogen) atoms. The molecule has 1 unspecified atom stereocenters. The number of ether oxygens (including phenoxy) is 1. The lowest BCUT2D eigenvalue weighted by Crippen LogP contribution is -2.30. The Morgan fingerprint density at radius 1 is 1.05 bits per heavy atom. The maximum Gasteiger partial charge on any atom is 0.128 e. The topological polar surface area (TPSA) is 47.3 Å². The van der Waals surface area contributed by atoms with E-state index in [2.05, 4.69) is 5.43 Å². The van der Waals surface area contributed by atoms with Gasteiger partial charge in [-0.25, -0.2) is 14.2 Å². The maximum absolute atomic E-state index is 14.0. The Morgan fingerprint density at radius 2 is 1.76 bits per heavy atom. The van der Waals surface area contributed by atoms with E-state index in [0.717, 1.165) is 18.2 Å². The van der Waals surface area contributed by atoms with Gasteiger partial charge in [0.1, 0.15) is 17.4 Å². The molecule has 0 spiro atoms. The Balaban J connectivity index is 2.49. The second kappa shape index (κ2) is 6.65. The molecule has 2 aromatic rings. The molecule has 0 saturated carbocycles. The van der Waals surface area contributed by atoms with Crippen molar-refractivity contribution < 1.29 is 13.5 Å². The zero-order chi connectivity index (χ0) is 15.4. The normalized spacial score (nSPS) is 12.5. The smallest absolute Gasteiger partial charge is 0.128 e. The third-order valence-electron chi connectivity index (χ3n) is 3.03. The summed E-state index contributed by atoms with van der Waals surface area (Å²) in [5.74, 6) is 5.09. The molecule has 0 aliphatic carbocycles. The number of para-hydroxylation sites is 1. The number of hydrogen-bond acceptors (Lipinski definition) is 3. The first-order valence-corrected chi connectivity index (χ1v) is 6.69. The first-order chi connectivity index (χ1) is 10.0. The van der Waals surface area contributed by atoms with Gasteiger partial charge in [0.2, 0.25) is 0 Å². The lowest BCUT2D eigenvalue weighted by molar-refractivity contribution is 0.238. The number of benzene rings is 2. The molecule has 3 nitrogen and oxygen atoms in total. The van der Waals surface area contributed by atoms with Crippen LogP contribution in [0.25, 0.3) is 0 Å². The van der Waals surface area contributed by atoms with Crippen LogP contribution in [-0.2, 0) is 0 Å². The third kappa shape index (κ3) is 3.56. The van der Waals surface area contributed by atoms with Crippen LogP contribution in [0, 0.1) is 11.6 Å². The predicted molar refractivity (Wildman–Crippen MR) is 77.7 cm³/mol. The molecule has 0 radical (unpaired) electrons. The summed E-state index contributed by atoms with van der Waals surface area (Å²) in [6.07, 6.45) is -0.0399. The molecule has 0 aliphatic heterocycles. The SMILES string of the molecule is CC(C)Oc1ccccc1C(NN)c1cc(F)ccc1F. The van der Waals surface area contributed by atoms with Crippen LogP contribution in [0.4, 0.5) is 8.78 Å². The van der Waals surface area contributed by atoms with E-state index in [-0.39, 0.29) is 11.7 Å². The van der Waals surface area contributed by atoms with Crippen molar-refractivity contribution in [2.24, 2.45) is 5.84 Å². The second-order valence-corrected chi connectivity index (χ2v) is 4.97. The van der Waals surface area contributed by atoms with Crippen molar-refractivity contribution in [3.8, 4) is 5.75 Å². The van der Waals surface area contributed by atoms with Crippen molar-refractivity contribution in [3.63, 3.8) is 0 Å². The molecular weight excluding hydrogens is 274 g/mol. The largest absolute Gasteiger partial charge is 0.491 e. The molecule has 0 aromatic heterocycles. The lowest BCUT2D eigenvalue weighted by atomic mass is 9.97. The molecule has 0 aliphatic rings. The van der Waals surface area contributed by atoms with Crippen molar-refractivity contribution in [2.75, 3.05) is 0 Å². The minimum atomic E-state index is -0.698. The van der Waals surface area contributed by atoms with E-state index in [1.54, 1.807) is 18.2 Å². The number of hydrazine groups is 1. The zero-order valence-corrected chi connectivity index (χ0v) is 11.9. The number of halogens is 2. The molecular formula is C16H18F2N2O. The van der Waals surface area contributed by atoms with Gasteiger partial charge in [-0.3, -0.25) is 5.84 Å². The Kier molecular flexibility index (Phi) is 4.88. The molecule has 5 heteroatoms. The molecule has 0 bridgehead atoms. The van der Waals surface area contributed by atoms with Crippen molar-refractivity contribution >= 4 is 0 Å². The van der Waals surface area contributed by atoms with Crippen LogP contribution in [0.1, 0.15) is 31.0 Å². The van der Waals surface area contributed by atoms with E-state index < -0.39 is 17.7 Å². The first kappa shape index (κ1) is 15.4. The van der Waals surface area contributed by atoms with Gasteiger partial charge in [-0.15, -0.1) is 0 Å². The van der Waals surface area contributed by atoms with Gasteiger partial charge in [0.05, 0.1) is 12.1 Å². The summed E-state index contributed by atoms with van der Waals surface area (Å²) < 4.78 is 33.1. The number of rotatable bonds is 5. The van der Waals surface area contributed by atoms with Crippen molar-refractivity contribution in [2.45, 2.75) is 26.0 Å². The van der Waals surface area contributed by atoms with Crippen LogP contribution in [0.3, 0.4) is 0 Å². The monoisotopic (exact) mass is 292 g/mol. The molecule has 0 amide bonds. The second-order valence-electron chi connectivity index (χ2n) is 4.97.